The van der Waals surface area contributed by atoms with Crippen LogP contribution in [0.25, 0.3) is 22.3 Å². The Bertz CT molecular complexity index is 1330. The van der Waals surface area contributed by atoms with Gasteiger partial charge in [-0.3, -0.25) is 4.98 Å². The molecule has 3 atom stereocenters. The minimum Gasteiger partial charge on any atom is -0.379 e. The third-order valence-corrected chi connectivity index (χ3v) is 7.47. The van der Waals surface area contributed by atoms with Crippen LogP contribution in [0.4, 0.5) is 13.2 Å². The summed E-state index contributed by atoms with van der Waals surface area (Å²) in [6.07, 6.45) is -2.06. The van der Waals surface area contributed by atoms with Crippen LogP contribution in [0.3, 0.4) is 0 Å². The number of sulfonamides is 1. The van der Waals surface area contributed by atoms with Gasteiger partial charge in [-0.2, -0.15) is 23.2 Å². The molecule has 4 rings (SSSR count). The molecule has 1 aromatic carbocycles. The lowest BCUT2D eigenvalue weighted by Gasteiger charge is -2.38. The van der Waals surface area contributed by atoms with Crippen molar-refractivity contribution in [3.63, 3.8) is 0 Å². The summed E-state index contributed by atoms with van der Waals surface area (Å²) in [4.78, 5) is 3.83. The van der Waals surface area contributed by atoms with Crippen LogP contribution in [0.1, 0.15) is 31.4 Å². The Morgan fingerprint density at radius 1 is 1.24 bits per heavy atom. The Morgan fingerprint density at radius 2 is 1.97 bits per heavy atom. The molecule has 174 valence electrons. The highest BCUT2D eigenvalue weighted by molar-refractivity contribution is 7.89. The van der Waals surface area contributed by atoms with Crippen LogP contribution in [0, 0.1) is 11.3 Å². The lowest BCUT2D eigenvalue weighted by atomic mass is 9.88. The van der Waals surface area contributed by atoms with E-state index in [0.717, 1.165) is 36.9 Å². The van der Waals surface area contributed by atoms with Crippen LogP contribution >= 0.6 is 0 Å². The number of fused-ring (bicyclic) bond motifs is 1. The molecule has 1 fully saturated rings. The molecule has 0 radical (unpaired) electrons. The second-order valence-electron chi connectivity index (χ2n) is 7.91. The number of nitrogens with zero attached hydrogens (tertiary/aromatic N) is 3. The Morgan fingerprint density at radius 3 is 2.52 bits per heavy atom. The number of benzene rings is 1. The van der Waals surface area contributed by atoms with E-state index in [1.165, 1.54) is 12.1 Å². The monoisotopic (exact) mass is 478 g/mol. The molecule has 0 bridgehead atoms. The predicted octanol–water partition coefficient (Wildman–Crippen LogP) is 4.15. The maximum Gasteiger partial charge on any atom is 0.404 e. The number of aromatic nitrogens is 2. The zero-order valence-corrected chi connectivity index (χ0v) is 18.6. The van der Waals surface area contributed by atoms with Gasteiger partial charge in [0, 0.05) is 18.7 Å². The second kappa shape index (κ2) is 8.44. The summed E-state index contributed by atoms with van der Waals surface area (Å²) >= 11 is 0. The molecule has 33 heavy (non-hydrogen) atoms. The number of halogens is 3. The van der Waals surface area contributed by atoms with E-state index < -0.39 is 27.1 Å². The first kappa shape index (κ1) is 23.2. The van der Waals surface area contributed by atoms with Gasteiger partial charge in [0.25, 0.3) is 0 Å². The van der Waals surface area contributed by atoms with Gasteiger partial charge in [-0.05, 0) is 38.0 Å². The molecule has 1 aliphatic carbocycles. The third-order valence-electron chi connectivity index (χ3n) is 5.95. The molecular formula is C22H21F3N4O3S. The van der Waals surface area contributed by atoms with E-state index in [1.807, 2.05) is 28.8 Å². The van der Waals surface area contributed by atoms with Gasteiger partial charge in [-0.15, -0.1) is 0 Å². The zero-order chi connectivity index (χ0) is 24.0. The minimum absolute atomic E-state index is 0.0310. The van der Waals surface area contributed by atoms with Crippen molar-refractivity contribution < 1.29 is 26.3 Å². The van der Waals surface area contributed by atoms with Crippen molar-refractivity contribution in [2.24, 2.45) is 0 Å². The SMILES string of the molecule is COC1CCC1n1c(-c2ccc(S(=O)(=O)N[C@H](C)C(F)(F)F)cn2)c(C#N)c2ccccc21. The average Bonchev–Trinajstić information content (AvgIpc) is 3.06. The minimum atomic E-state index is -4.72. The Balaban J connectivity index is 1.80. The van der Waals surface area contributed by atoms with Crippen molar-refractivity contribution in [3.8, 4) is 17.5 Å². The molecule has 2 unspecified atom stereocenters. The van der Waals surface area contributed by atoms with Crippen LogP contribution in [-0.2, 0) is 14.8 Å². The fourth-order valence-electron chi connectivity index (χ4n) is 4.04. The maximum atomic E-state index is 12.8. The Hall–Kier alpha value is -2.94. The molecular weight excluding hydrogens is 457 g/mol. The number of pyridine rings is 1. The summed E-state index contributed by atoms with van der Waals surface area (Å²) in [6.45, 7) is 0.724. The van der Waals surface area contributed by atoms with Gasteiger partial charge < -0.3 is 9.30 Å². The molecule has 1 N–H and O–H groups in total. The lowest BCUT2D eigenvalue weighted by molar-refractivity contribution is -0.147. The number of nitrogens with one attached hydrogen (secondary N) is 1. The molecule has 7 nitrogen and oxygen atoms in total. The highest BCUT2D eigenvalue weighted by Gasteiger charge is 2.39. The number of alkyl halides is 3. The van der Waals surface area contributed by atoms with E-state index in [-0.39, 0.29) is 12.1 Å². The first-order valence-electron chi connectivity index (χ1n) is 10.2. The first-order chi connectivity index (χ1) is 15.6. The number of nitriles is 1. The standard InChI is InChI=1S/C22H21F3N4O3S/c1-13(22(23,24)25)28-33(30,31)14-7-8-17(27-12-14)21-16(11-26)15-5-3-4-6-18(15)29(21)19-9-10-20(19)32-2/h3-8,12-13,19-20,28H,9-10H2,1-2H3/t13-,19?,20?/m1/s1. The molecule has 1 saturated carbocycles. The largest absolute Gasteiger partial charge is 0.404 e. The average molecular weight is 478 g/mol. The molecule has 0 spiro atoms. The predicted molar refractivity (Wildman–Crippen MR) is 115 cm³/mol. The third kappa shape index (κ3) is 4.10. The molecule has 2 heterocycles. The summed E-state index contributed by atoms with van der Waals surface area (Å²) in [5, 5.41) is 10.6. The van der Waals surface area contributed by atoms with Gasteiger partial charge in [0.15, 0.2) is 0 Å². The van der Waals surface area contributed by atoms with E-state index in [9.17, 15) is 26.9 Å². The molecule has 0 saturated heterocycles. The summed E-state index contributed by atoms with van der Waals surface area (Å²) in [7, 11) is -2.81. The fraction of sp³-hybridized carbons (Fsp3) is 0.364. The summed E-state index contributed by atoms with van der Waals surface area (Å²) in [5.74, 6) is 0. The van der Waals surface area contributed by atoms with Gasteiger partial charge in [0.2, 0.25) is 10.0 Å². The van der Waals surface area contributed by atoms with Crippen LogP contribution in [0.15, 0.2) is 47.5 Å². The summed E-state index contributed by atoms with van der Waals surface area (Å²) < 4.78 is 72.3. The number of rotatable bonds is 6. The van der Waals surface area contributed by atoms with Crippen molar-refractivity contribution in [1.82, 2.24) is 14.3 Å². The van der Waals surface area contributed by atoms with E-state index in [1.54, 1.807) is 11.8 Å². The molecule has 3 aromatic rings. The van der Waals surface area contributed by atoms with Gasteiger partial charge >= 0.3 is 6.18 Å². The first-order valence-corrected chi connectivity index (χ1v) is 11.7. The number of hydrogen-bond donors (Lipinski definition) is 1. The van der Waals surface area contributed by atoms with Gasteiger partial charge in [0.1, 0.15) is 17.0 Å². The number of para-hydroxylation sites is 1. The summed E-state index contributed by atoms with van der Waals surface area (Å²) in [6, 6.07) is 9.94. The molecule has 0 aliphatic heterocycles. The van der Waals surface area contributed by atoms with Crippen molar-refractivity contribution in [2.45, 2.75) is 49.0 Å². The van der Waals surface area contributed by atoms with Crippen molar-refractivity contribution >= 4 is 20.9 Å². The van der Waals surface area contributed by atoms with E-state index in [4.69, 9.17) is 4.74 Å². The number of methoxy groups -OCH3 is 1. The van der Waals surface area contributed by atoms with Gasteiger partial charge in [-0.1, -0.05) is 18.2 Å². The number of hydrogen-bond acceptors (Lipinski definition) is 5. The molecule has 2 aromatic heterocycles. The van der Waals surface area contributed by atoms with Crippen molar-refractivity contribution in [3.05, 3.63) is 48.2 Å². The topological polar surface area (TPSA) is 97.0 Å². The van der Waals surface area contributed by atoms with Crippen LogP contribution in [-0.4, -0.2) is 43.4 Å². The van der Waals surface area contributed by atoms with E-state index in [0.29, 0.717) is 17.0 Å². The highest BCUT2D eigenvalue weighted by Crippen LogP contribution is 2.43. The van der Waals surface area contributed by atoms with Crippen LogP contribution in [0.2, 0.25) is 0 Å². The number of ether oxygens (including phenoxy) is 1. The quantitative estimate of drug-likeness (QED) is 0.574. The smallest absolute Gasteiger partial charge is 0.379 e. The van der Waals surface area contributed by atoms with Gasteiger partial charge in [-0.25, -0.2) is 8.42 Å². The zero-order valence-electron chi connectivity index (χ0n) is 17.8. The maximum absolute atomic E-state index is 12.8. The molecule has 11 heteroatoms. The van der Waals surface area contributed by atoms with Crippen molar-refractivity contribution in [1.29, 1.82) is 5.26 Å². The van der Waals surface area contributed by atoms with E-state index >= 15 is 0 Å². The molecule has 0 amide bonds. The highest BCUT2D eigenvalue weighted by atomic mass is 32.2. The van der Waals surface area contributed by atoms with Gasteiger partial charge in [0.05, 0.1) is 34.6 Å². The molecule has 1 aliphatic rings. The van der Waals surface area contributed by atoms with Crippen LogP contribution < -0.4 is 4.72 Å². The summed E-state index contributed by atoms with van der Waals surface area (Å²) in [5.41, 5.74) is 2.08. The van der Waals surface area contributed by atoms with E-state index in [2.05, 4.69) is 11.1 Å². The van der Waals surface area contributed by atoms with Crippen molar-refractivity contribution in [2.75, 3.05) is 7.11 Å². The Labute approximate surface area is 188 Å². The lowest BCUT2D eigenvalue weighted by Crippen LogP contribution is -2.42. The van der Waals surface area contributed by atoms with Crippen LogP contribution in [0.5, 0.6) is 0 Å². The Kier molecular flexibility index (Phi) is 5.94. The second-order valence-corrected chi connectivity index (χ2v) is 9.62. The fourth-order valence-corrected chi connectivity index (χ4v) is 5.22. The normalized spacial score (nSPS) is 19.8.